The molecular formula is C27H21ClN2O3S. The molecule has 5 nitrogen and oxygen atoms in total. The molecule has 0 radical (unpaired) electrons. The molecule has 1 saturated heterocycles. The zero-order valence-electron chi connectivity index (χ0n) is 18.8. The monoisotopic (exact) mass is 488 g/mol. The van der Waals surface area contributed by atoms with Gasteiger partial charge in [0.1, 0.15) is 5.76 Å². The lowest BCUT2D eigenvalue weighted by atomic mass is 9.93. The van der Waals surface area contributed by atoms with Gasteiger partial charge in [-0.3, -0.25) is 14.5 Å². The van der Waals surface area contributed by atoms with Gasteiger partial charge in [0.05, 0.1) is 21.8 Å². The van der Waals surface area contributed by atoms with E-state index in [0.29, 0.717) is 21.2 Å². The summed E-state index contributed by atoms with van der Waals surface area (Å²) >= 11 is 7.43. The van der Waals surface area contributed by atoms with Crippen LogP contribution in [0.25, 0.3) is 16.0 Å². The molecule has 3 aromatic carbocycles. The minimum absolute atomic E-state index is 0.0570. The summed E-state index contributed by atoms with van der Waals surface area (Å²) in [6.45, 7) is 5.72. The zero-order chi connectivity index (χ0) is 24.1. The molecule has 170 valence electrons. The van der Waals surface area contributed by atoms with Gasteiger partial charge in [-0.1, -0.05) is 70.5 Å². The van der Waals surface area contributed by atoms with Crippen molar-refractivity contribution in [2.45, 2.75) is 26.8 Å². The fraction of sp³-hybridized carbons (Fsp3) is 0.148. The number of carbonyl (C=O) groups is 2. The summed E-state index contributed by atoms with van der Waals surface area (Å²) in [5, 5.41) is 12.3. The lowest BCUT2D eigenvalue weighted by molar-refractivity contribution is -0.132. The first kappa shape index (κ1) is 22.3. The van der Waals surface area contributed by atoms with Crippen molar-refractivity contribution >= 4 is 55.7 Å². The summed E-state index contributed by atoms with van der Waals surface area (Å²) in [5.41, 5.74) is 4.73. The molecule has 1 aliphatic heterocycles. The summed E-state index contributed by atoms with van der Waals surface area (Å²) in [4.78, 5) is 32.8. The van der Waals surface area contributed by atoms with Crippen LogP contribution in [0.2, 0.25) is 5.02 Å². The van der Waals surface area contributed by atoms with Crippen LogP contribution in [0.1, 0.15) is 33.9 Å². The van der Waals surface area contributed by atoms with Crippen LogP contribution >= 0.6 is 22.9 Å². The molecule has 0 saturated carbocycles. The highest BCUT2D eigenvalue weighted by Gasteiger charge is 2.48. The van der Waals surface area contributed by atoms with Crippen molar-refractivity contribution in [2.75, 3.05) is 4.90 Å². The van der Waals surface area contributed by atoms with Gasteiger partial charge in [0.15, 0.2) is 5.13 Å². The number of fused-ring (bicyclic) bond motifs is 1. The lowest BCUT2D eigenvalue weighted by Gasteiger charge is -2.23. The van der Waals surface area contributed by atoms with Crippen LogP contribution in [0, 0.1) is 20.8 Å². The number of amides is 1. The second-order valence-electron chi connectivity index (χ2n) is 8.51. The Kier molecular flexibility index (Phi) is 5.50. The number of aryl methyl sites for hydroxylation is 3. The van der Waals surface area contributed by atoms with Crippen molar-refractivity contribution in [3.05, 3.63) is 99.1 Å². The van der Waals surface area contributed by atoms with Crippen LogP contribution in [0.5, 0.6) is 0 Å². The molecule has 1 N–H and O–H groups in total. The SMILES string of the molecule is Cc1cccc(C2/C(=C(\O)c3cc(C)ccc3C)C(=O)C(=O)N2c2nc3ccc(Cl)cc3s2)c1. The Morgan fingerprint density at radius 3 is 2.53 bits per heavy atom. The number of aliphatic hydroxyl groups excluding tert-OH is 1. The van der Waals surface area contributed by atoms with E-state index in [9.17, 15) is 14.7 Å². The maximum absolute atomic E-state index is 13.4. The summed E-state index contributed by atoms with van der Waals surface area (Å²) in [6.07, 6.45) is 0. The molecule has 0 bridgehead atoms. The number of hydrogen-bond acceptors (Lipinski definition) is 5. The third-order valence-electron chi connectivity index (χ3n) is 6.00. The van der Waals surface area contributed by atoms with Gasteiger partial charge in [0.2, 0.25) is 0 Å². The molecule has 1 atom stereocenters. The van der Waals surface area contributed by atoms with E-state index in [0.717, 1.165) is 27.0 Å². The normalized spacial score (nSPS) is 17.6. The molecule has 2 heterocycles. The highest BCUT2D eigenvalue weighted by atomic mass is 35.5. The van der Waals surface area contributed by atoms with Crippen LogP contribution in [0.15, 0.2) is 66.2 Å². The summed E-state index contributed by atoms with van der Waals surface area (Å²) < 4.78 is 0.807. The minimum atomic E-state index is -0.809. The van der Waals surface area contributed by atoms with E-state index in [1.807, 2.05) is 63.2 Å². The third kappa shape index (κ3) is 3.69. The average molecular weight is 489 g/mol. The number of thiazole rings is 1. The number of halogens is 1. The van der Waals surface area contributed by atoms with Gasteiger partial charge in [0, 0.05) is 10.6 Å². The van der Waals surface area contributed by atoms with E-state index in [2.05, 4.69) is 4.98 Å². The smallest absolute Gasteiger partial charge is 0.301 e. The quantitative estimate of drug-likeness (QED) is 0.203. The number of Topliss-reactive ketones (excluding diaryl/α,β-unsaturated/α-hetero) is 1. The summed E-state index contributed by atoms with van der Waals surface area (Å²) in [5.74, 6) is -1.64. The fourth-order valence-corrected chi connectivity index (χ4v) is 5.58. The third-order valence-corrected chi connectivity index (χ3v) is 7.25. The molecule has 7 heteroatoms. The number of rotatable bonds is 3. The standard InChI is InChI=1S/C27H21ClN2O3S/c1-14-5-4-6-17(11-14)23-22(24(31)19-12-15(2)7-8-16(19)3)25(32)26(33)30(23)27-29-20-10-9-18(28)13-21(20)34-27/h4-13,23,31H,1-3H3/b24-22+. The zero-order valence-corrected chi connectivity index (χ0v) is 20.4. The Labute approximate surface area is 205 Å². The Morgan fingerprint density at radius 1 is 1.00 bits per heavy atom. The van der Waals surface area contributed by atoms with E-state index in [-0.39, 0.29) is 11.3 Å². The van der Waals surface area contributed by atoms with Gasteiger partial charge in [0.25, 0.3) is 5.78 Å². The lowest BCUT2D eigenvalue weighted by Crippen LogP contribution is -2.29. The molecule has 1 aliphatic rings. The topological polar surface area (TPSA) is 70.5 Å². The van der Waals surface area contributed by atoms with Crippen LogP contribution in [-0.4, -0.2) is 21.8 Å². The second kappa shape index (κ2) is 8.38. The largest absolute Gasteiger partial charge is 0.507 e. The fourth-order valence-electron chi connectivity index (χ4n) is 4.31. The van der Waals surface area contributed by atoms with Crippen molar-refractivity contribution < 1.29 is 14.7 Å². The minimum Gasteiger partial charge on any atom is -0.507 e. The van der Waals surface area contributed by atoms with Gasteiger partial charge in [-0.05, 0) is 56.2 Å². The van der Waals surface area contributed by atoms with Crippen molar-refractivity contribution in [3.8, 4) is 0 Å². The van der Waals surface area contributed by atoms with E-state index in [1.54, 1.807) is 18.2 Å². The predicted octanol–water partition coefficient (Wildman–Crippen LogP) is 6.50. The van der Waals surface area contributed by atoms with Gasteiger partial charge in [-0.25, -0.2) is 4.98 Å². The molecular weight excluding hydrogens is 468 g/mol. The van der Waals surface area contributed by atoms with Crippen molar-refractivity contribution in [1.82, 2.24) is 4.98 Å². The number of aliphatic hydroxyl groups is 1. The number of ketones is 1. The second-order valence-corrected chi connectivity index (χ2v) is 9.96. The van der Waals surface area contributed by atoms with Crippen LogP contribution in [0.4, 0.5) is 5.13 Å². The van der Waals surface area contributed by atoms with Crippen molar-refractivity contribution in [3.63, 3.8) is 0 Å². The van der Waals surface area contributed by atoms with Gasteiger partial charge < -0.3 is 5.11 Å². The van der Waals surface area contributed by atoms with E-state index < -0.39 is 17.7 Å². The average Bonchev–Trinajstić information content (AvgIpc) is 3.33. The van der Waals surface area contributed by atoms with Crippen LogP contribution in [-0.2, 0) is 9.59 Å². The molecule has 1 aromatic heterocycles. The Balaban J connectivity index is 1.77. The first-order valence-corrected chi connectivity index (χ1v) is 12.0. The Hall–Kier alpha value is -3.48. The number of hydrogen-bond donors (Lipinski definition) is 1. The maximum Gasteiger partial charge on any atom is 0.301 e. The van der Waals surface area contributed by atoms with Crippen LogP contribution < -0.4 is 4.90 Å². The molecule has 4 aromatic rings. The predicted molar refractivity (Wildman–Crippen MR) is 137 cm³/mol. The number of carbonyl (C=O) groups excluding carboxylic acids is 2. The molecule has 1 fully saturated rings. The number of nitrogens with zero attached hydrogens (tertiary/aromatic N) is 2. The highest BCUT2D eigenvalue weighted by Crippen LogP contribution is 2.45. The molecule has 34 heavy (non-hydrogen) atoms. The Morgan fingerprint density at radius 2 is 1.76 bits per heavy atom. The molecule has 5 rings (SSSR count). The van der Waals surface area contributed by atoms with E-state index >= 15 is 0 Å². The molecule has 0 spiro atoms. The van der Waals surface area contributed by atoms with Gasteiger partial charge in [-0.2, -0.15) is 0 Å². The van der Waals surface area contributed by atoms with Crippen LogP contribution in [0.3, 0.4) is 0 Å². The first-order chi connectivity index (χ1) is 16.2. The number of anilines is 1. The number of aromatic nitrogens is 1. The summed E-state index contributed by atoms with van der Waals surface area (Å²) in [7, 11) is 0. The Bertz CT molecular complexity index is 1520. The van der Waals surface area contributed by atoms with E-state index in [1.165, 1.54) is 16.2 Å². The maximum atomic E-state index is 13.4. The van der Waals surface area contributed by atoms with Gasteiger partial charge in [-0.15, -0.1) is 0 Å². The number of benzene rings is 3. The van der Waals surface area contributed by atoms with Crippen molar-refractivity contribution in [1.29, 1.82) is 0 Å². The molecule has 0 aliphatic carbocycles. The molecule has 1 unspecified atom stereocenters. The summed E-state index contributed by atoms with van der Waals surface area (Å²) in [6, 6.07) is 17.7. The van der Waals surface area contributed by atoms with Gasteiger partial charge >= 0.3 is 5.91 Å². The first-order valence-electron chi connectivity index (χ1n) is 10.8. The van der Waals surface area contributed by atoms with E-state index in [4.69, 9.17) is 11.6 Å². The highest BCUT2D eigenvalue weighted by molar-refractivity contribution is 7.22. The molecule has 1 amide bonds. The van der Waals surface area contributed by atoms with Crippen molar-refractivity contribution in [2.24, 2.45) is 0 Å².